The van der Waals surface area contributed by atoms with Crippen molar-refractivity contribution in [1.29, 1.82) is 0 Å². The van der Waals surface area contributed by atoms with E-state index in [1.165, 1.54) is 0 Å². The van der Waals surface area contributed by atoms with E-state index in [0.717, 1.165) is 93.6 Å². The van der Waals surface area contributed by atoms with Gasteiger partial charge >= 0.3 is 0 Å². The molecule has 0 radical (unpaired) electrons. The van der Waals surface area contributed by atoms with Gasteiger partial charge in [0.1, 0.15) is 38.9 Å². The van der Waals surface area contributed by atoms with Crippen molar-refractivity contribution in [2.24, 2.45) is 0 Å². The van der Waals surface area contributed by atoms with Gasteiger partial charge in [0.15, 0.2) is 17.5 Å². The van der Waals surface area contributed by atoms with E-state index >= 15 is 0 Å². The van der Waals surface area contributed by atoms with Crippen LogP contribution in [0.25, 0.3) is 88.6 Å². The molecule has 52 heavy (non-hydrogen) atoms. The topological polar surface area (TPSA) is 78.1 Å². The number of furan rings is 3. The van der Waals surface area contributed by atoms with Crippen molar-refractivity contribution in [2.75, 3.05) is 0 Å². The van der Waals surface area contributed by atoms with Crippen LogP contribution in [-0.2, 0) is 5.41 Å². The van der Waals surface area contributed by atoms with Gasteiger partial charge in [-0.3, -0.25) is 0 Å². The summed E-state index contributed by atoms with van der Waals surface area (Å²) in [6.07, 6.45) is 0. The molecule has 7 aromatic carbocycles. The zero-order valence-electron chi connectivity index (χ0n) is 27.5. The second-order valence-corrected chi connectivity index (χ2v) is 13.5. The predicted molar refractivity (Wildman–Crippen MR) is 204 cm³/mol. The number of aromatic nitrogens is 3. The molecule has 0 saturated heterocycles. The van der Waals surface area contributed by atoms with Crippen molar-refractivity contribution in [2.45, 2.75) is 5.41 Å². The number of hydrogen-bond donors (Lipinski definition) is 0. The number of rotatable bonds is 3. The fourth-order valence-electron chi connectivity index (χ4n) is 8.58. The lowest BCUT2D eigenvalue weighted by atomic mass is 9.67. The zero-order valence-corrected chi connectivity index (χ0v) is 27.5. The van der Waals surface area contributed by atoms with Gasteiger partial charge in [0.25, 0.3) is 0 Å². The maximum Gasteiger partial charge on any atom is 0.167 e. The Morgan fingerprint density at radius 3 is 1.83 bits per heavy atom. The molecule has 1 unspecified atom stereocenters. The Morgan fingerprint density at radius 1 is 0.385 bits per heavy atom. The minimum absolute atomic E-state index is 0.538. The normalized spacial score (nSPS) is 15.4. The molecule has 0 fully saturated rings. The Morgan fingerprint density at radius 2 is 0.981 bits per heavy atom. The van der Waals surface area contributed by atoms with Crippen LogP contribution >= 0.6 is 0 Å². The van der Waals surface area contributed by atoms with Crippen LogP contribution in [0.15, 0.2) is 165 Å². The SMILES string of the molecule is c1ccc(C2(c3ccc4oc5ccccc5c4c3)c3nc(-c4cccc5c4oc4ccccc45)nc(n3)-c3cccc4oc5cccc2c5c34)cc1. The van der Waals surface area contributed by atoms with E-state index in [0.29, 0.717) is 17.5 Å². The minimum Gasteiger partial charge on any atom is -0.456 e. The molecule has 4 aromatic heterocycles. The lowest BCUT2D eigenvalue weighted by molar-refractivity contribution is 0.660. The van der Waals surface area contributed by atoms with Gasteiger partial charge in [-0.05, 0) is 59.2 Å². The highest BCUT2D eigenvalue weighted by atomic mass is 16.3. The van der Waals surface area contributed by atoms with E-state index in [4.69, 9.17) is 28.2 Å². The van der Waals surface area contributed by atoms with Gasteiger partial charge in [0, 0.05) is 37.9 Å². The summed E-state index contributed by atoms with van der Waals surface area (Å²) in [7, 11) is 0. The molecule has 0 spiro atoms. The highest BCUT2D eigenvalue weighted by Gasteiger charge is 2.45. The maximum absolute atomic E-state index is 6.62. The Hall–Kier alpha value is -7.05. The number of nitrogens with zero attached hydrogens (tertiary/aromatic N) is 3. The molecule has 2 bridgehead atoms. The molecule has 0 amide bonds. The van der Waals surface area contributed by atoms with Crippen LogP contribution in [0, 0.1) is 0 Å². The molecule has 242 valence electrons. The molecule has 0 N–H and O–H groups in total. The number of hydrogen-bond acceptors (Lipinski definition) is 6. The molecule has 12 rings (SSSR count). The standard InChI is InChI=1S/C46H25N3O3/c1-2-11-26(12-3-1)46(27-23-24-37-33(25-27)29-14-5-6-19-35(29)50-37)34-18-10-22-39-41(34)40-31(16-9-21-38(40)51-39)43-47-44(49-45(46)48-43)32-17-8-15-30-28-13-4-7-20-36(28)52-42(30)32/h1-25H. The summed E-state index contributed by atoms with van der Waals surface area (Å²) in [4.78, 5) is 16.2. The fraction of sp³-hybridized carbons (Fsp3) is 0.0217. The molecule has 11 aromatic rings. The van der Waals surface area contributed by atoms with E-state index in [-0.39, 0.29) is 0 Å². The van der Waals surface area contributed by atoms with Gasteiger partial charge < -0.3 is 13.3 Å². The van der Waals surface area contributed by atoms with Gasteiger partial charge in [-0.1, -0.05) is 109 Å². The summed E-state index contributed by atoms with van der Waals surface area (Å²) < 4.78 is 19.5. The first-order valence-corrected chi connectivity index (χ1v) is 17.4. The van der Waals surface area contributed by atoms with Crippen LogP contribution in [0.1, 0.15) is 22.5 Å². The van der Waals surface area contributed by atoms with Crippen LogP contribution in [0.4, 0.5) is 0 Å². The molecule has 1 aliphatic rings. The number of benzene rings is 7. The summed E-state index contributed by atoms with van der Waals surface area (Å²) in [6, 6.07) is 51.9. The highest BCUT2D eigenvalue weighted by Crippen LogP contribution is 2.52. The van der Waals surface area contributed by atoms with E-state index in [2.05, 4.69) is 84.9 Å². The van der Waals surface area contributed by atoms with Gasteiger partial charge in [-0.2, -0.15) is 0 Å². The molecular weight excluding hydrogens is 643 g/mol. The zero-order chi connectivity index (χ0) is 34.0. The summed E-state index contributed by atoms with van der Waals surface area (Å²) in [5.74, 6) is 1.72. The first-order chi connectivity index (χ1) is 25.8. The maximum atomic E-state index is 6.62. The highest BCUT2D eigenvalue weighted by molar-refractivity contribution is 6.15. The van der Waals surface area contributed by atoms with Crippen LogP contribution in [0.2, 0.25) is 0 Å². The average molecular weight is 668 g/mol. The van der Waals surface area contributed by atoms with Gasteiger partial charge in [-0.15, -0.1) is 0 Å². The van der Waals surface area contributed by atoms with E-state index in [9.17, 15) is 0 Å². The molecule has 6 heteroatoms. The lowest BCUT2D eigenvalue weighted by Gasteiger charge is -2.36. The third-order valence-electron chi connectivity index (χ3n) is 10.8. The van der Waals surface area contributed by atoms with E-state index in [1.807, 2.05) is 66.7 Å². The molecule has 6 nitrogen and oxygen atoms in total. The Labute approximate surface area is 295 Å². The molecular formula is C46H25N3O3. The Balaban J connectivity index is 1.29. The first kappa shape index (κ1) is 27.7. The van der Waals surface area contributed by atoms with Crippen molar-refractivity contribution in [3.8, 4) is 22.8 Å². The van der Waals surface area contributed by atoms with Crippen molar-refractivity contribution in [3.63, 3.8) is 0 Å². The van der Waals surface area contributed by atoms with Crippen LogP contribution in [0.5, 0.6) is 0 Å². The van der Waals surface area contributed by atoms with Crippen LogP contribution in [-0.4, -0.2) is 15.0 Å². The van der Waals surface area contributed by atoms with Crippen molar-refractivity contribution < 1.29 is 13.3 Å². The molecule has 5 heterocycles. The summed E-state index contributed by atoms with van der Waals surface area (Å²) in [5, 5.41) is 6.14. The summed E-state index contributed by atoms with van der Waals surface area (Å²) >= 11 is 0. The minimum atomic E-state index is -0.994. The van der Waals surface area contributed by atoms with E-state index in [1.54, 1.807) is 0 Å². The Kier molecular flexibility index (Phi) is 5.34. The molecule has 1 aliphatic heterocycles. The monoisotopic (exact) mass is 667 g/mol. The van der Waals surface area contributed by atoms with Gasteiger partial charge in [0.2, 0.25) is 0 Å². The first-order valence-electron chi connectivity index (χ1n) is 17.4. The second kappa shape index (κ2) is 10.0. The fourth-order valence-corrected chi connectivity index (χ4v) is 8.58. The summed E-state index contributed by atoms with van der Waals surface area (Å²) in [6.45, 7) is 0. The van der Waals surface area contributed by atoms with Gasteiger partial charge in [-0.25, -0.2) is 15.0 Å². The third-order valence-corrected chi connectivity index (χ3v) is 10.8. The van der Waals surface area contributed by atoms with Crippen LogP contribution in [0.3, 0.4) is 0 Å². The quantitative estimate of drug-likeness (QED) is 0.187. The average Bonchev–Trinajstić information content (AvgIpc) is 3.89. The van der Waals surface area contributed by atoms with E-state index < -0.39 is 5.41 Å². The Bertz CT molecular complexity index is 3260. The third kappa shape index (κ3) is 3.55. The second-order valence-electron chi connectivity index (χ2n) is 13.5. The van der Waals surface area contributed by atoms with Gasteiger partial charge in [0.05, 0.1) is 5.56 Å². The number of fused-ring (bicyclic) bond motifs is 9. The largest absolute Gasteiger partial charge is 0.456 e. The van der Waals surface area contributed by atoms with Crippen molar-refractivity contribution >= 4 is 65.8 Å². The smallest absolute Gasteiger partial charge is 0.167 e. The molecule has 0 aliphatic carbocycles. The molecule has 0 saturated carbocycles. The number of para-hydroxylation sites is 3. The van der Waals surface area contributed by atoms with Crippen molar-refractivity contribution in [3.05, 3.63) is 174 Å². The van der Waals surface area contributed by atoms with Crippen LogP contribution < -0.4 is 0 Å². The van der Waals surface area contributed by atoms with Crippen molar-refractivity contribution in [1.82, 2.24) is 15.0 Å². The lowest BCUT2D eigenvalue weighted by Crippen LogP contribution is -2.34. The predicted octanol–water partition coefficient (Wildman–Crippen LogP) is 11.6. The summed E-state index contributed by atoms with van der Waals surface area (Å²) in [5.41, 5.74) is 8.56. The molecule has 1 atom stereocenters.